The zero-order valence-electron chi connectivity index (χ0n) is 20.0. The number of halogens is 4. The summed E-state index contributed by atoms with van der Waals surface area (Å²) in [4.78, 5) is 22.8. The lowest BCUT2D eigenvalue weighted by Gasteiger charge is -2.12. The molecule has 3 aromatic carbocycles. The zero-order chi connectivity index (χ0) is 27.9. The topological polar surface area (TPSA) is 112 Å². The van der Waals surface area contributed by atoms with E-state index in [1.807, 2.05) is 13.8 Å². The third-order valence-electron chi connectivity index (χ3n) is 4.84. The van der Waals surface area contributed by atoms with Crippen molar-refractivity contribution in [1.29, 1.82) is 0 Å². The third-order valence-corrected chi connectivity index (χ3v) is 5.46. The van der Waals surface area contributed by atoms with Crippen LogP contribution in [0.15, 0.2) is 64.2 Å². The number of ether oxygens (including phenoxy) is 3. The van der Waals surface area contributed by atoms with Crippen LogP contribution >= 0.6 is 15.9 Å². The van der Waals surface area contributed by atoms with Crippen LogP contribution in [0.5, 0.6) is 23.0 Å². The SMILES string of the molecule is CCOc1ccc(C(=O)N/N=C/c2ccc(Oc3ccc(C(F)(F)F)cc3[N+](=O)[O-])c(Br)c2)cc1OCC. The smallest absolute Gasteiger partial charge is 0.416 e. The van der Waals surface area contributed by atoms with Crippen LogP contribution in [0, 0.1) is 10.1 Å². The number of nitro groups is 1. The summed E-state index contributed by atoms with van der Waals surface area (Å²) in [6.45, 7) is 4.48. The fraction of sp³-hybridized carbons (Fsp3) is 0.200. The third kappa shape index (κ3) is 7.22. The summed E-state index contributed by atoms with van der Waals surface area (Å²) in [6.07, 6.45) is -3.39. The van der Waals surface area contributed by atoms with E-state index in [1.165, 1.54) is 18.3 Å². The number of hydrogen-bond acceptors (Lipinski definition) is 7. The molecule has 3 rings (SSSR count). The van der Waals surface area contributed by atoms with Crippen molar-refractivity contribution in [2.75, 3.05) is 13.2 Å². The van der Waals surface area contributed by atoms with Gasteiger partial charge in [-0.25, -0.2) is 5.43 Å². The fourth-order valence-electron chi connectivity index (χ4n) is 3.14. The number of hydrazone groups is 1. The molecule has 0 fully saturated rings. The van der Waals surface area contributed by atoms with E-state index in [9.17, 15) is 28.1 Å². The molecule has 38 heavy (non-hydrogen) atoms. The molecule has 0 aliphatic rings. The highest BCUT2D eigenvalue weighted by Gasteiger charge is 2.33. The molecule has 0 radical (unpaired) electrons. The summed E-state index contributed by atoms with van der Waals surface area (Å²) in [5, 5.41) is 15.2. The van der Waals surface area contributed by atoms with Gasteiger partial charge in [0.05, 0.1) is 34.4 Å². The first-order valence-electron chi connectivity index (χ1n) is 11.1. The van der Waals surface area contributed by atoms with Crippen LogP contribution in [-0.2, 0) is 6.18 Å². The van der Waals surface area contributed by atoms with Crippen LogP contribution in [0.25, 0.3) is 0 Å². The summed E-state index contributed by atoms with van der Waals surface area (Å²) < 4.78 is 55.6. The second-order valence-corrected chi connectivity index (χ2v) is 8.31. The Hall–Kier alpha value is -4.13. The van der Waals surface area contributed by atoms with E-state index in [0.29, 0.717) is 52.4 Å². The Morgan fingerprint density at radius 2 is 1.66 bits per heavy atom. The van der Waals surface area contributed by atoms with Crippen molar-refractivity contribution in [3.05, 3.63) is 85.9 Å². The average molecular weight is 596 g/mol. The molecule has 0 atom stereocenters. The van der Waals surface area contributed by atoms with Crippen molar-refractivity contribution in [1.82, 2.24) is 5.43 Å². The Morgan fingerprint density at radius 1 is 1.00 bits per heavy atom. The van der Waals surface area contributed by atoms with E-state index in [4.69, 9.17) is 14.2 Å². The average Bonchev–Trinajstić information content (AvgIpc) is 2.86. The normalized spacial score (nSPS) is 11.3. The minimum absolute atomic E-state index is 0.117. The lowest BCUT2D eigenvalue weighted by atomic mass is 10.2. The Kier molecular flexibility index (Phi) is 9.29. The molecule has 0 spiro atoms. The Balaban J connectivity index is 1.71. The van der Waals surface area contributed by atoms with Gasteiger partial charge in [-0.1, -0.05) is 0 Å². The van der Waals surface area contributed by atoms with E-state index < -0.39 is 28.3 Å². The second-order valence-electron chi connectivity index (χ2n) is 7.46. The maximum absolute atomic E-state index is 12.9. The summed E-state index contributed by atoms with van der Waals surface area (Å²) in [7, 11) is 0. The highest BCUT2D eigenvalue weighted by Crippen LogP contribution is 2.39. The van der Waals surface area contributed by atoms with Crippen LogP contribution in [-0.4, -0.2) is 30.3 Å². The van der Waals surface area contributed by atoms with Gasteiger partial charge in [0.15, 0.2) is 11.5 Å². The van der Waals surface area contributed by atoms with Gasteiger partial charge in [-0.3, -0.25) is 14.9 Å². The van der Waals surface area contributed by atoms with Gasteiger partial charge >= 0.3 is 11.9 Å². The molecule has 0 aromatic heterocycles. The molecule has 13 heteroatoms. The predicted molar refractivity (Wildman–Crippen MR) is 136 cm³/mol. The molecular weight excluding hydrogens is 575 g/mol. The molecule has 0 unspecified atom stereocenters. The van der Waals surface area contributed by atoms with Crippen molar-refractivity contribution in [3.8, 4) is 23.0 Å². The van der Waals surface area contributed by atoms with Gasteiger partial charge in [-0.05, 0) is 83.9 Å². The van der Waals surface area contributed by atoms with Gasteiger partial charge in [0.1, 0.15) is 5.75 Å². The minimum Gasteiger partial charge on any atom is -0.490 e. The molecule has 3 aromatic rings. The fourth-order valence-corrected chi connectivity index (χ4v) is 3.62. The Morgan fingerprint density at radius 3 is 2.29 bits per heavy atom. The first kappa shape index (κ1) is 28.4. The molecule has 0 aliphatic heterocycles. The molecular formula is C25H21BrF3N3O6. The van der Waals surface area contributed by atoms with Crippen molar-refractivity contribution < 1.29 is 37.1 Å². The molecule has 1 amide bonds. The number of nitrogens with one attached hydrogen (secondary N) is 1. The number of carbonyl (C=O) groups is 1. The van der Waals surface area contributed by atoms with Crippen molar-refractivity contribution >= 4 is 33.7 Å². The maximum atomic E-state index is 12.9. The standard InChI is InChI=1S/C25H21BrF3N3O6/c1-3-36-22-9-6-16(12-23(22)37-4-2)24(33)31-30-14-15-5-8-20(18(26)11-15)38-21-10-7-17(25(27,28)29)13-19(21)32(34)35/h5-14H,3-4H2,1-2H3,(H,31,33)/b30-14+. The number of nitro benzene ring substituents is 1. The number of amides is 1. The molecule has 200 valence electrons. The lowest BCUT2D eigenvalue weighted by molar-refractivity contribution is -0.385. The van der Waals surface area contributed by atoms with Gasteiger partial charge in [-0.15, -0.1) is 0 Å². The molecule has 1 N–H and O–H groups in total. The number of nitrogens with zero attached hydrogens (tertiary/aromatic N) is 2. The number of benzene rings is 3. The van der Waals surface area contributed by atoms with Crippen LogP contribution in [0.1, 0.15) is 35.3 Å². The number of carbonyl (C=O) groups excluding carboxylic acids is 1. The van der Waals surface area contributed by atoms with E-state index in [2.05, 4.69) is 26.5 Å². The summed E-state index contributed by atoms with van der Waals surface area (Å²) >= 11 is 3.26. The van der Waals surface area contributed by atoms with E-state index in [1.54, 1.807) is 24.3 Å². The molecule has 0 heterocycles. The van der Waals surface area contributed by atoms with Crippen molar-refractivity contribution in [2.24, 2.45) is 5.10 Å². The van der Waals surface area contributed by atoms with E-state index in [0.717, 1.165) is 6.07 Å². The quantitative estimate of drug-likeness (QED) is 0.158. The first-order valence-corrected chi connectivity index (χ1v) is 11.9. The summed E-state index contributed by atoms with van der Waals surface area (Å²) in [5.74, 6) is 0.215. The number of rotatable bonds is 10. The van der Waals surface area contributed by atoms with Crippen LogP contribution in [0.2, 0.25) is 0 Å². The van der Waals surface area contributed by atoms with Gasteiger partial charge in [0.25, 0.3) is 5.91 Å². The van der Waals surface area contributed by atoms with Crippen molar-refractivity contribution in [3.63, 3.8) is 0 Å². The highest BCUT2D eigenvalue weighted by atomic mass is 79.9. The number of hydrogen-bond donors (Lipinski definition) is 1. The largest absolute Gasteiger partial charge is 0.490 e. The maximum Gasteiger partial charge on any atom is 0.416 e. The van der Waals surface area contributed by atoms with Crippen LogP contribution < -0.4 is 19.6 Å². The van der Waals surface area contributed by atoms with Crippen LogP contribution in [0.4, 0.5) is 18.9 Å². The van der Waals surface area contributed by atoms with Gasteiger partial charge < -0.3 is 14.2 Å². The van der Waals surface area contributed by atoms with Gasteiger partial charge in [0.2, 0.25) is 5.75 Å². The Labute approximate surface area is 223 Å². The van der Waals surface area contributed by atoms with Gasteiger partial charge in [0, 0.05) is 11.6 Å². The summed E-state index contributed by atoms with van der Waals surface area (Å²) in [5.41, 5.74) is 1.23. The predicted octanol–water partition coefficient (Wildman–Crippen LogP) is 6.73. The van der Waals surface area contributed by atoms with Crippen LogP contribution in [0.3, 0.4) is 0 Å². The Bertz CT molecular complexity index is 1360. The highest BCUT2D eigenvalue weighted by molar-refractivity contribution is 9.10. The van der Waals surface area contributed by atoms with Crippen molar-refractivity contribution in [2.45, 2.75) is 20.0 Å². The monoisotopic (exact) mass is 595 g/mol. The lowest BCUT2D eigenvalue weighted by Crippen LogP contribution is -2.17. The van der Waals surface area contributed by atoms with Gasteiger partial charge in [-0.2, -0.15) is 18.3 Å². The molecule has 0 aliphatic carbocycles. The first-order chi connectivity index (χ1) is 18.0. The molecule has 9 nitrogen and oxygen atoms in total. The molecule has 0 bridgehead atoms. The van der Waals surface area contributed by atoms with E-state index >= 15 is 0 Å². The second kappa shape index (κ2) is 12.4. The molecule has 0 saturated carbocycles. The minimum atomic E-state index is -4.74. The number of alkyl halides is 3. The zero-order valence-corrected chi connectivity index (χ0v) is 21.6. The van der Waals surface area contributed by atoms with E-state index in [-0.39, 0.29) is 11.5 Å². The summed E-state index contributed by atoms with van der Waals surface area (Å²) in [6, 6.07) is 11.3. The molecule has 0 saturated heterocycles.